The number of nitrogens with one attached hydrogen (secondary N) is 1. The fourth-order valence-electron chi connectivity index (χ4n) is 2.57. The van der Waals surface area contributed by atoms with Crippen molar-refractivity contribution in [3.8, 4) is 16.6 Å². The first-order valence-electron chi connectivity index (χ1n) is 9.07. The Balaban J connectivity index is 1.62. The zero-order valence-corrected chi connectivity index (χ0v) is 16.8. The molecule has 7 heteroatoms. The van der Waals surface area contributed by atoms with Crippen molar-refractivity contribution in [1.29, 1.82) is 5.26 Å². The summed E-state index contributed by atoms with van der Waals surface area (Å²) in [6.07, 6.45) is -0.0570. The van der Waals surface area contributed by atoms with Crippen molar-refractivity contribution in [2.45, 2.75) is 26.4 Å². The molecule has 0 bridgehead atoms. The van der Waals surface area contributed by atoms with Crippen LogP contribution in [0, 0.1) is 11.3 Å². The number of hydrogen-bond donors (Lipinski definition) is 1. The van der Waals surface area contributed by atoms with E-state index in [2.05, 4.69) is 17.2 Å². The lowest BCUT2D eigenvalue weighted by Crippen LogP contribution is -2.30. The molecule has 146 valence electrons. The maximum Gasteiger partial charge on any atom is 0.358 e. The average Bonchev–Trinajstić information content (AvgIpc) is 3.24. The Labute approximate surface area is 172 Å². The van der Waals surface area contributed by atoms with E-state index in [-0.39, 0.29) is 5.69 Å². The molecule has 2 aromatic carbocycles. The highest BCUT2D eigenvalue weighted by Crippen LogP contribution is 2.24. The first-order valence-corrected chi connectivity index (χ1v) is 9.95. The van der Waals surface area contributed by atoms with Crippen LogP contribution in [0.2, 0.25) is 0 Å². The summed E-state index contributed by atoms with van der Waals surface area (Å²) in [5.41, 5.74) is 3.20. The minimum absolute atomic E-state index is 0.163. The lowest BCUT2D eigenvalue weighted by molar-refractivity contribution is -0.123. The number of benzene rings is 2. The van der Waals surface area contributed by atoms with Gasteiger partial charge in [-0.1, -0.05) is 37.3 Å². The van der Waals surface area contributed by atoms with Crippen LogP contribution in [0.5, 0.6) is 0 Å². The van der Waals surface area contributed by atoms with Crippen LogP contribution in [0.3, 0.4) is 0 Å². The van der Waals surface area contributed by atoms with Gasteiger partial charge in [-0.25, -0.2) is 9.78 Å². The molecule has 0 aliphatic heterocycles. The molecule has 0 spiro atoms. The van der Waals surface area contributed by atoms with Crippen LogP contribution in [-0.2, 0) is 16.0 Å². The summed E-state index contributed by atoms with van der Waals surface area (Å²) in [5.74, 6) is -1.15. The molecule has 0 aliphatic carbocycles. The second-order valence-electron chi connectivity index (χ2n) is 6.32. The predicted molar refractivity (Wildman–Crippen MR) is 112 cm³/mol. The Kier molecular flexibility index (Phi) is 6.37. The van der Waals surface area contributed by atoms with Gasteiger partial charge in [0.1, 0.15) is 5.01 Å². The van der Waals surface area contributed by atoms with Gasteiger partial charge >= 0.3 is 5.97 Å². The Morgan fingerprint density at radius 1 is 1.24 bits per heavy atom. The molecular weight excluding hydrogens is 386 g/mol. The first-order chi connectivity index (χ1) is 14.0. The topological polar surface area (TPSA) is 92.1 Å². The number of esters is 1. The van der Waals surface area contributed by atoms with E-state index in [9.17, 15) is 9.59 Å². The van der Waals surface area contributed by atoms with E-state index >= 15 is 0 Å². The minimum Gasteiger partial charge on any atom is -0.448 e. The molecule has 1 amide bonds. The van der Waals surface area contributed by atoms with Crippen molar-refractivity contribution in [3.05, 3.63) is 70.7 Å². The molecule has 1 N–H and O–H groups in total. The molecule has 1 heterocycles. The highest BCUT2D eigenvalue weighted by molar-refractivity contribution is 7.13. The van der Waals surface area contributed by atoms with Gasteiger partial charge in [0.25, 0.3) is 5.91 Å². The van der Waals surface area contributed by atoms with Crippen LogP contribution < -0.4 is 5.32 Å². The molecular formula is C22H19N3O3S. The lowest BCUT2D eigenvalue weighted by Gasteiger charge is -2.12. The van der Waals surface area contributed by atoms with Crippen molar-refractivity contribution >= 4 is 28.9 Å². The lowest BCUT2D eigenvalue weighted by atomic mass is 10.1. The zero-order chi connectivity index (χ0) is 20.8. The van der Waals surface area contributed by atoms with E-state index in [0.29, 0.717) is 16.3 Å². The number of amides is 1. The van der Waals surface area contributed by atoms with Crippen LogP contribution in [0.4, 0.5) is 5.69 Å². The van der Waals surface area contributed by atoms with E-state index in [1.165, 1.54) is 23.8 Å². The monoisotopic (exact) mass is 405 g/mol. The molecule has 0 unspecified atom stereocenters. The molecule has 0 saturated heterocycles. The molecule has 0 saturated carbocycles. The summed E-state index contributed by atoms with van der Waals surface area (Å²) < 4.78 is 5.24. The number of aryl methyl sites for hydroxylation is 1. The summed E-state index contributed by atoms with van der Waals surface area (Å²) in [4.78, 5) is 29.0. The van der Waals surface area contributed by atoms with Gasteiger partial charge in [-0.15, -0.1) is 11.3 Å². The molecule has 1 aromatic heterocycles. The molecule has 1 atom stereocenters. The molecule has 29 heavy (non-hydrogen) atoms. The smallest absolute Gasteiger partial charge is 0.358 e. The Morgan fingerprint density at radius 2 is 2.00 bits per heavy atom. The van der Waals surface area contributed by atoms with Crippen LogP contribution in [-0.4, -0.2) is 23.0 Å². The second kappa shape index (κ2) is 9.13. The Bertz CT molecular complexity index is 1070. The van der Waals surface area contributed by atoms with Crippen molar-refractivity contribution in [2.24, 2.45) is 0 Å². The van der Waals surface area contributed by atoms with Crippen LogP contribution in [0.1, 0.15) is 35.5 Å². The SMILES string of the molecule is CCc1ccc(-c2nc(C(=O)O[C@H](C)C(=O)Nc3cccc(C#N)c3)cs2)cc1. The summed E-state index contributed by atoms with van der Waals surface area (Å²) in [6, 6.07) is 16.5. The van der Waals surface area contributed by atoms with Crippen LogP contribution in [0.25, 0.3) is 10.6 Å². The number of carbonyl (C=O) groups excluding carboxylic acids is 2. The highest BCUT2D eigenvalue weighted by Gasteiger charge is 2.21. The number of rotatable bonds is 6. The van der Waals surface area contributed by atoms with Crippen LogP contribution >= 0.6 is 11.3 Å². The van der Waals surface area contributed by atoms with Gasteiger partial charge < -0.3 is 10.1 Å². The fraction of sp³-hybridized carbons (Fsp3) is 0.182. The van der Waals surface area contributed by atoms with Crippen molar-refractivity contribution < 1.29 is 14.3 Å². The number of hydrogen-bond acceptors (Lipinski definition) is 6. The number of anilines is 1. The summed E-state index contributed by atoms with van der Waals surface area (Å²) in [6.45, 7) is 3.57. The maximum atomic E-state index is 12.4. The van der Waals surface area contributed by atoms with E-state index in [1.807, 2.05) is 30.3 Å². The number of carbonyl (C=O) groups is 2. The number of nitrogens with zero attached hydrogens (tertiary/aromatic N) is 2. The summed E-state index contributed by atoms with van der Waals surface area (Å²) >= 11 is 1.34. The molecule has 0 radical (unpaired) electrons. The Hall–Kier alpha value is -3.50. The molecule has 6 nitrogen and oxygen atoms in total. The van der Waals surface area contributed by atoms with E-state index < -0.39 is 18.0 Å². The average molecular weight is 405 g/mol. The zero-order valence-electron chi connectivity index (χ0n) is 16.0. The van der Waals surface area contributed by atoms with Gasteiger partial charge in [-0.3, -0.25) is 4.79 Å². The van der Waals surface area contributed by atoms with Crippen LogP contribution in [0.15, 0.2) is 53.9 Å². The van der Waals surface area contributed by atoms with E-state index in [4.69, 9.17) is 10.00 Å². The number of nitriles is 1. The third kappa shape index (κ3) is 5.06. The predicted octanol–water partition coefficient (Wildman–Crippen LogP) is 4.43. The number of ether oxygens (including phenoxy) is 1. The Morgan fingerprint density at radius 3 is 2.69 bits per heavy atom. The minimum atomic E-state index is -1.01. The summed E-state index contributed by atoms with van der Waals surface area (Å²) in [5, 5.41) is 13.9. The fourth-order valence-corrected chi connectivity index (χ4v) is 3.36. The molecule has 3 aromatic rings. The largest absolute Gasteiger partial charge is 0.448 e. The van der Waals surface area contributed by atoms with Gasteiger partial charge in [0, 0.05) is 16.6 Å². The van der Waals surface area contributed by atoms with Gasteiger partial charge in [-0.05, 0) is 37.1 Å². The van der Waals surface area contributed by atoms with Crippen molar-refractivity contribution in [3.63, 3.8) is 0 Å². The molecule has 3 rings (SSSR count). The second-order valence-corrected chi connectivity index (χ2v) is 7.18. The quantitative estimate of drug-likeness (QED) is 0.613. The summed E-state index contributed by atoms with van der Waals surface area (Å²) in [7, 11) is 0. The van der Waals surface area contributed by atoms with Gasteiger partial charge in [0.2, 0.25) is 0 Å². The van der Waals surface area contributed by atoms with Gasteiger partial charge in [0.15, 0.2) is 11.8 Å². The third-order valence-electron chi connectivity index (χ3n) is 4.23. The van der Waals surface area contributed by atoms with E-state index in [0.717, 1.165) is 12.0 Å². The molecule has 0 fully saturated rings. The number of thiazole rings is 1. The number of aromatic nitrogens is 1. The molecule has 0 aliphatic rings. The van der Waals surface area contributed by atoms with Gasteiger partial charge in [-0.2, -0.15) is 5.26 Å². The van der Waals surface area contributed by atoms with E-state index in [1.54, 1.807) is 29.6 Å². The maximum absolute atomic E-state index is 12.4. The van der Waals surface area contributed by atoms with Crippen molar-refractivity contribution in [1.82, 2.24) is 4.98 Å². The third-order valence-corrected chi connectivity index (χ3v) is 5.13. The highest BCUT2D eigenvalue weighted by atomic mass is 32.1. The normalized spacial score (nSPS) is 11.3. The standard InChI is InChI=1S/C22H19N3O3S/c1-3-15-7-9-17(10-8-15)21-25-19(13-29-21)22(27)28-14(2)20(26)24-18-6-4-5-16(11-18)12-23/h4-11,13-14H,3H2,1-2H3,(H,24,26)/t14-/m1/s1. The first kappa shape index (κ1) is 20.2. The van der Waals surface area contributed by atoms with Crippen molar-refractivity contribution in [2.75, 3.05) is 5.32 Å². The van der Waals surface area contributed by atoms with Gasteiger partial charge in [0.05, 0.1) is 11.6 Å².